The molecular formula is C56H109NO7P+. The number of quaternary nitrogens is 1. The molecule has 0 aliphatic heterocycles. The highest BCUT2D eigenvalue weighted by molar-refractivity contribution is 7.47. The van der Waals surface area contributed by atoms with Crippen molar-refractivity contribution in [3.63, 3.8) is 0 Å². The van der Waals surface area contributed by atoms with Gasteiger partial charge in [-0.25, -0.2) is 4.57 Å². The molecule has 0 aliphatic carbocycles. The molecule has 0 aliphatic rings. The zero-order valence-electron chi connectivity index (χ0n) is 43.7. The molecule has 9 heteroatoms. The van der Waals surface area contributed by atoms with Crippen molar-refractivity contribution in [1.29, 1.82) is 0 Å². The molecule has 0 amide bonds. The molecule has 2 atom stereocenters. The highest BCUT2D eigenvalue weighted by Crippen LogP contribution is 2.43. The lowest BCUT2D eigenvalue weighted by Crippen LogP contribution is -2.37. The minimum absolute atomic E-state index is 0.0887. The van der Waals surface area contributed by atoms with Gasteiger partial charge in [-0.05, 0) is 70.6 Å². The molecular weight excluding hydrogens is 830 g/mol. The maximum atomic E-state index is 12.8. The highest BCUT2D eigenvalue weighted by atomic mass is 31.2. The molecule has 0 rings (SSSR count). The van der Waals surface area contributed by atoms with Gasteiger partial charge in [0.2, 0.25) is 0 Å². The quantitative estimate of drug-likeness (QED) is 0.0214. The number of esters is 1. The summed E-state index contributed by atoms with van der Waals surface area (Å²) >= 11 is 0. The van der Waals surface area contributed by atoms with Gasteiger partial charge in [-0.15, -0.1) is 0 Å². The lowest BCUT2D eigenvalue weighted by atomic mass is 10.0. The van der Waals surface area contributed by atoms with Crippen LogP contribution in [0.2, 0.25) is 0 Å². The molecule has 2 unspecified atom stereocenters. The molecule has 0 heterocycles. The summed E-state index contributed by atoms with van der Waals surface area (Å²) in [5.74, 6) is -0.315. The molecule has 0 saturated carbocycles. The van der Waals surface area contributed by atoms with Crippen molar-refractivity contribution in [3.05, 3.63) is 36.5 Å². The number of allylic oxidation sites excluding steroid dienone is 6. The average Bonchev–Trinajstić information content (AvgIpc) is 3.27. The molecule has 0 bridgehead atoms. The van der Waals surface area contributed by atoms with E-state index in [1.807, 2.05) is 21.1 Å². The molecule has 65 heavy (non-hydrogen) atoms. The Balaban J connectivity index is 4.05. The van der Waals surface area contributed by atoms with Crippen molar-refractivity contribution in [2.45, 2.75) is 264 Å². The van der Waals surface area contributed by atoms with Crippen LogP contribution < -0.4 is 0 Å². The van der Waals surface area contributed by atoms with Crippen molar-refractivity contribution < 1.29 is 37.3 Å². The Bertz CT molecular complexity index is 1140. The Labute approximate surface area is 404 Å². The number of rotatable bonds is 52. The maximum Gasteiger partial charge on any atom is 0.472 e. The highest BCUT2D eigenvalue weighted by Gasteiger charge is 2.26. The second-order valence-electron chi connectivity index (χ2n) is 20.0. The summed E-state index contributed by atoms with van der Waals surface area (Å²) in [5, 5.41) is 0. The topological polar surface area (TPSA) is 91.3 Å². The number of unbranched alkanes of at least 4 members (excludes halogenated alkanes) is 32. The third-order valence-electron chi connectivity index (χ3n) is 12.2. The van der Waals surface area contributed by atoms with Crippen molar-refractivity contribution in [1.82, 2.24) is 0 Å². The summed E-state index contributed by atoms with van der Waals surface area (Å²) in [4.78, 5) is 23.0. The molecule has 0 aromatic heterocycles. The number of phosphoric ester groups is 1. The van der Waals surface area contributed by atoms with Gasteiger partial charge in [0.05, 0.1) is 34.4 Å². The largest absolute Gasteiger partial charge is 0.472 e. The Hall–Kier alpha value is -1.28. The smallest absolute Gasteiger partial charge is 0.457 e. The van der Waals surface area contributed by atoms with Gasteiger partial charge in [-0.1, -0.05) is 217 Å². The molecule has 0 spiro atoms. The van der Waals surface area contributed by atoms with Crippen LogP contribution in [0.4, 0.5) is 0 Å². The number of carbonyl (C=O) groups is 1. The zero-order valence-corrected chi connectivity index (χ0v) is 44.6. The van der Waals surface area contributed by atoms with Crippen molar-refractivity contribution in [2.24, 2.45) is 0 Å². The van der Waals surface area contributed by atoms with Crippen molar-refractivity contribution in [2.75, 3.05) is 54.1 Å². The van der Waals surface area contributed by atoms with Crippen molar-refractivity contribution >= 4 is 13.8 Å². The average molecular weight is 939 g/mol. The Morgan fingerprint density at radius 1 is 0.477 bits per heavy atom. The van der Waals surface area contributed by atoms with Gasteiger partial charge in [0.25, 0.3) is 0 Å². The third kappa shape index (κ3) is 53.5. The zero-order chi connectivity index (χ0) is 47.6. The molecule has 0 aromatic rings. The van der Waals surface area contributed by atoms with Crippen molar-refractivity contribution in [3.8, 4) is 0 Å². The Morgan fingerprint density at radius 2 is 0.846 bits per heavy atom. The van der Waals surface area contributed by atoms with Gasteiger partial charge in [0, 0.05) is 13.0 Å². The van der Waals surface area contributed by atoms with E-state index in [-0.39, 0.29) is 25.8 Å². The molecule has 0 saturated heterocycles. The van der Waals surface area contributed by atoms with Crippen LogP contribution in [-0.4, -0.2) is 75.6 Å². The monoisotopic (exact) mass is 939 g/mol. The van der Waals surface area contributed by atoms with E-state index in [1.54, 1.807) is 0 Å². The van der Waals surface area contributed by atoms with E-state index in [4.69, 9.17) is 18.5 Å². The maximum absolute atomic E-state index is 12.8. The standard InChI is InChI=1S/C56H108NO7P/c1-6-8-10-12-14-16-18-20-22-24-25-26-27-28-29-30-31-32-34-36-38-40-42-44-46-48-51-61-53-55(54-63-65(59,60)62-52-50-57(3,4)5)64-56(58)49-47-45-43-41-39-37-35-33-23-21-19-17-15-13-11-9-7-2/h18,20-21,23-25,55H,6-17,19,22,26-54H2,1-5H3/p+1/b20-18-,23-21-,25-24-. The van der Waals surface area contributed by atoms with Gasteiger partial charge in [-0.3, -0.25) is 13.8 Å². The van der Waals surface area contributed by atoms with E-state index in [2.05, 4.69) is 50.3 Å². The Kier molecular flexibility index (Phi) is 48.2. The lowest BCUT2D eigenvalue weighted by molar-refractivity contribution is -0.870. The molecule has 0 radical (unpaired) electrons. The molecule has 0 fully saturated rings. The van der Waals surface area contributed by atoms with E-state index in [0.29, 0.717) is 24.1 Å². The van der Waals surface area contributed by atoms with Crippen LogP contribution in [0.15, 0.2) is 36.5 Å². The first-order chi connectivity index (χ1) is 31.6. The predicted molar refractivity (Wildman–Crippen MR) is 280 cm³/mol. The van der Waals surface area contributed by atoms with Crippen LogP contribution in [0.1, 0.15) is 258 Å². The number of nitrogens with zero attached hydrogens (tertiary/aromatic N) is 1. The lowest BCUT2D eigenvalue weighted by Gasteiger charge is -2.24. The van der Waals surface area contributed by atoms with E-state index in [0.717, 1.165) is 38.5 Å². The summed E-state index contributed by atoms with van der Waals surface area (Å²) < 4.78 is 35.2. The normalized spacial score (nSPS) is 13.8. The van der Waals surface area contributed by atoms with E-state index in [1.165, 1.54) is 199 Å². The van der Waals surface area contributed by atoms with Gasteiger partial charge in [0.15, 0.2) is 0 Å². The number of likely N-dealkylation sites (N-methyl/N-ethyl adjacent to an activating group) is 1. The summed E-state index contributed by atoms with van der Waals surface area (Å²) in [6.45, 7) is 5.64. The van der Waals surface area contributed by atoms with E-state index < -0.39 is 13.9 Å². The van der Waals surface area contributed by atoms with Crippen LogP contribution in [0.5, 0.6) is 0 Å². The second kappa shape index (κ2) is 49.2. The van der Waals surface area contributed by atoms with Crippen LogP contribution in [-0.2, 0) is 27.9 Å². The summed E-state index contributed by atoms with van der Waals surface area (Å²) in [6, 6.07) is 0. The number of phosphoric acid groups is 1. The summed E-state index contributed by atoms with van der Waals surface area (Å²) in [6.07, 6.45) is 60.6. The molecule has 1 N–H and O–H groups in total. The Morgan fingerprint density at radius 3 is 1.26 bits per heavy atom. The predicted octanol–water partition coefficient (Wildman–Crippen LogP) is 17.3. The SMILES string of the molecule is CCCCCCC/C=C\C/C=C\CCCCCCCCCCCCCCCCOCC(COP(=O)(O)OCC[N+](C)(C)C)OC(=O)CCCCCCCCC/C=C\CCCCCCCC. The fraction of sp³-hybridized carbons (Fsp3) is 0.875. The van der Waals surface area contributed by atoms with Gasteiger partial charge in [-0.2, -0.15) is 0 Å². The minimum atomic E-state index is -4.28. The van der Waals surface area contributed by atoms with Gasteiger partial charge >= 0.3 is 13.8 Å². The third-order valence-corrected chi connectivity index (χ3v) is 13.2. The number of hydrogen-bond acceptors (Lipinski definition) is 6. The van der Waals surface area contributed by atoms with Crippen LogP contribution >= 0.6 is 7.82 Å². The number of ether oxygens (including phenoxy) is 2. The molecule has 384 valence electrons. The van der Waals surface area contributed by atoms with E-state index >= 15 is 0 Å². The first-order valence-corrected chi connectivity index (χ1v) is 29.2. The van der Waals surface area contributed by atoms with Gasteiger partial charge < -0.3 is 18.9 Å². The van der Waals surface area contributed by atoms with Crippen LogP contribution in [0, 0.1) is 0 Å². The summed E-state index contributed by atoms with van der Waals surface area (Å²) in [5.41, 5.74) is 0. The summed E-state index contributed by atoms with van der Waals surface area (Å²) in [7, 11) is 1.67. The fourth-order valence-corrected chi connectivity index (χ4v) is 8.62. The van der Waals surface area contributed by atoms with Crippen LogP contribution in [0.3, 0.4) is 0 Å². The minimum Gasteiger partial charge on any atom is -0.457 e. The van der Waals surface area contributed by atoms with Crippen LogP contribution in [0.25, 0.3) is 0 Å². The molecule has 0 aromatic carbocycles. The molecule has 8 nitrogen and oxygen atoms in total. The number of carbonyl (C=O) groups excluding carboxylic acids is 1. The fourth-order valence-electron chi connectivity index (χ4n) is 7.87. The first-order valence-electron chi connectivity index (χ1n) is 27.7. The van der Waals surface area contributed by atoms with Gasteiger partial charge in [0.1, 0.15) is 19.3 Å². The second-order valence-corrected chi connectivity index (χ2v) is 21.4. The first kappa shape index (κ1) is 63.7. The van der Waals surface area contributed by atoms with E-state index in [9.17, 15) is 14.3 Å². The number of hydrogen-bond donors (Lipinski definition) is 1.